The summed E-state index contributed by atoms with van der Waals surface area (Å²) in [7, 11) is -9.92. The zero-order valence-corrected chi connectivity index (χ0v) is 66.6. The molecule has 0 aliphatic carbocycles. The molecule has 0 aliphatic rings. The lowest BCUT2D eigenvalue weighted by atomic mass is 10.0. The van der Waals surface area contributed by atoms with Gasteiger partial charge in [0.25, 0.3) is 0 Å². The number of carbonyl (C=O) groups excluding carboxylic acids is 4. The first-order chi connectivity index (χ1) is 47.9. The summed E-state index contributed by atoms with van der Waals surface area (Å²) in [5, 5.41) is 10.6. The molecule has 2 unspecified atom stereocenters. The van der Waals surface area contributed by atoms with Gasteiger partial charge in [0.1, 0.15) is 19.3 Å². The lowest BCUT2D eigenvalue weighted by molar-refractivity contribution is -0.161. The Morgan fingerprint density at radius 1 is 0.273 bits per heavy atom. The summed E-state index contributed by atoms with van der Waals surface area (Å²) in [6, 6.07) is 0. The molecule has 0 radical (unpaired) electrons. The largest absolute Gasteiger partial charge is 0.472 e. The standard InChI is InChI=1S/C80H156O17P2/c1-7-9-11-13-15-17-19-21-23-25-27-29-31-33-35-40-44-52-58-64-79(84)96-75(68-90-77(82)62-56-50-43-39-34-32-30-28-26-24-22-20-18-16-14-12-10-8-2)70-94-98(86,87)92-66-74(81)67-93-99(88,89)95-71-76(69-91-78(83)63-57-51-47-46-49-55-61-73(5)6)97-80(85)65-59-53-45-41-37-36-38-42-48-54-60-72(3)4/h72-76,81H,7-71H2,1-6H3,(H,86,87)(H,88,89)/t74-,75-,76-/m1/s1. The number of aliphatic hydroxyl groups is 1. The number of aliphatic hydroxyl groups excluding tert-OH is 1. The molecule has 0 fully saturated rings. The number of unbranched alkanes of at least 4 members (excludes halogenated alkanes) is 49. The SMILES string of the molecule is CCCCCCCCCCCCCCCCCCCCCC(=O)O[C@H](COC(=O)CCCCCCCCCCCCCCCCCCCC)COP(=O)(O)OC[C@@H](O)COP(=O)(O)OC[C@@H](COC(=O)CCCCCCCCC(C)C)OC(=O)CCCCCCCCCCCCC(C)C. The van der Waals surface area contributed by atoms with E-state index in [1.54, 1.807) is 0 Å². The summed E-state index contributed by atoms with van der Waals surface area (Å²) in [4.78, 5) is 72.9. The van der Waals surface area contributed by atoms with Gasteiger partial charge in [0.2, 0.25) is 0 Å². The number of phosphoric ester groups is 2. The molecule has 0 aromatic heterocycles. The van der Waals surface area contributed by atoms with Crippen molar-refractivity contribution < 1.29 is 80.2 Å². The predicted molar refractivity (Wildman–Crippen MR) is 405 cm³/mol. The average molecular weight is 1450 g/mol. The van der Waals surface area contributed by atoms with E-state index < -0.39 is 97.5 Å². The van der Waals surface area contributed by atoms with Gasteiger partial charge in [-0.15, -0.1) is 0 Å². The van der Waals surface area contributed by atoms with Crippen LogP contribution in [0.4, 0.5) is 0 Å². The Balaban J connectivity index is 5.22. The monoisotopic (exact) mass is 1450 g/mol. The van der Waals surface area contributed by atoms with E-state index in [9.17, 15) is 43.2 Å². The van der Waals surface area contributed by atoms with Crippen LogP contribution in [0.5, 0.6) is 0 Å². The second-order valence-corrected chi connectivity index (χ2v) is 32.7. The molecule has 0 spiro atoms. The van der Waals surface area contributed by atoms with Crippen molar-refractivity contribution in [2.45, 2.75) is 439 Å². The fourth-order valence-corrected chi connectivity index (χ4v) is 13.9. The molecule has 0 rings (SSSR count). The molecule has 0 amide bonds. The second-order valence-electron chi connectivity index (χ2n) is 29.8. The summed E-state index contributed by atoms with van der Waals surface area (Å²) < 4.78 is 68.6. The molecular weight excluding hydrogens is 1290 g/mol. The van der Waals surface area contributed by atoms with Gasteiger partial charge in [-0.05, 0) is 37.5 Å². The number of phosphoric acid groups is 2. The van der Waals surface area contributed by atoms with Crippen molar-refractivity contribution in [3.8, 4) is 0 Å². The first-order valence-corrected chi connectivity index (χ1v) is 44.5. The van der Waals surface area contributed by atoms with Crippen LogP contribution in [0, 0.1) is 11.8 Å². The summed E-state index contributed by atoms with van der Waals surface area (Å²) in [5.41, 5.74) is 0. The molecule has 19 heteroatoms. The fourth-order valence-electron chi connectivity index (χ4n) is 12.4. The molecular formula is C80H156O17P2. The third-order valence-electron chi connectivity index (χ3n) is 18.7. The van der Waals surface area contributed by atoms with Crippen LogP contribution in [-0.2, 0) is 65.4 Å². The van der Waals surface area contributed by atoms with Crippen LogP contribution >= 0.6 is 15.6 Å². The maximum Gasteiger partial charge on any atom is 0.472 e. The second kappa shape index (κ2) is 71.7. The number of ether oxygens (including phenoxy) is 4. The Bertz CT molecular complexity index is 1910. The Labute approximate surface area is 607 Å². The van der Waals surface area contributed by atoms with Crippen molar-refractivity contribution in [3.63, 3.8) is 0 Å². The fraction of sp³-hybridized carbons (Fsp3) is 0.950. The van der Waals surface area contributed by atoms with Crippen molar-refractivity contribution in [1.29, 1.82) is 0 Å². The van der Waals surface area contributed by atoms with Crippen LogP contribution in [0.1, 0.15) is 420 Å². The molecule has 0 aliphatic heterocycles. The Hall–Kier alpha value is -1.94. The average Bonchev–Trinajstić information content (AvgIpc) is 1.23. The molecule has 0 saturated heterocycles. The molecule has 0 bridgehead atoms. The Kier molecular flexibility index (Phi) is 70.3. The highest BCUT2D eigenvalue weighted by atomic mass is 31.2. The van der Waals surface area contributed by atoms with Crippen molar-refractivity contribution >= 4 is 39.5 Å². The third kappa shape index (κ3) is 74.1. The maximum atomic E-state index is 13.1. The smallest absolute Gasteiger partial charge is 0.462 e. The Morgan fingerprint density at radius 2 is 0.465 bits per heavy atom. The van der Waals surface area contributed by atoms with Crippen LogP contribution in [0.3, 0.4) is 0 Å². The quantitative estimate of drug-likeness (QED) is 0.0222. The van der Waals surface area contributed by atoms with Gasteiger partial charge in [-0.1, -0.05) is 369 Å². The molecule has 0 aromatic rings. The molecule has 3 N–H and O–H groups in total. The highest BCUT2D eigenvalue weighted by Gasteiger charge is 2.30. The van der Waals surface area contributed by atoms with Gasteiger partial charge in [0.05, 0.1) is 26.4 Å². The number of rotatable bonds is 79. The van der Waals surface area contributed by atoms with E-state index >= 15 is 0 Å². The van der Waals surface area contributed by atoms with E-state index in [0.29, 0.717) is 31.6 Å². The summed E-state index contributed by atoms with van der Waals surface area (Å²) >= 11 is 0. The van der Waals surface area contributed by atoms with Gasteiger partial charge >= 0.3 is 39.5 Å². The van der Waals surface area contributed by atoms with E-state index in [1.807, 2.05) is 0 Å². The topological polar surface area (TPSA) is 237 Å². The zero-order chi connectivity index (χ0) is 72.8. The Morgan fingerprint density at radius 3 is 0.687 bits per heavy atom. The lowest BCUT2D eigenvalue weighted by Gasteiger charge is -2.21. The first kappa shape index (κ1) is 97.1. The van der Waals surface area contributed by atoms with Gasteiger partial charge in [0, 0.05) is 25.7 Å². The van der Waals surface area contributed by atoms with E-state index in [4.69, 9.17) is 37.0 Å². The minimum atomic E-state index is -4.96. The molecule has 17 nitrogen and oxygen atoms in total. The molecule has 99 heavy (non-hydrogen) atoms. The van der Waals surface area contributed by atoms with E-state index in [2.05, 4.69) is 41.5 Å². The van der Waals surface area contributed by atoms with E-state index in [0.717, 1.165) is 102 Å². The van der Waals surface area contributed by atoms with Gasteiger partial charge < -0.3 is 33.8 Å². The normalized spacial score (nSPS) is 13.9. The molecule has 0 aromatic carbocycles. The summed E-state index contributed by atoms with van der Waals surface area (Å²) in [5.74, 6) is -0.682. The number of esters is 4. The molecule has 0 saturated carbocycles. The van der Waals surface area contributed by atoms with Crippen LogP contribution in [0.25, 0.3) is 0 Å². The number of carbonyl (C=O) groups is 4. The van der Waals surface area contributed by atoms with E-state index in [1.165, 1.54) is 231 Å². The van der Waals surface area contributed by atoms with Crippen molar-refractivity contribution in [1.82, 2.24) is 0 Å². The van der Waals surface area contributed by atoms with Gasteiger partial charge in [0.15, 0.2) is 12.2 Å². The third-order valence-corrected chi connectivity index (χ3v) is 20.6. The van der Waals surface area contributed by atoms with Crippen molar-refractivity contribution in [3.05, 3.63) is 0 Å². The summed E-state index contributed by atoms with van der Waals surface area (Å²) in [6.07, 6.45) is 61.3. The first-order valence-electron chi connectivity index (χ1n) is 41.5. The highest BCUT2D eigenvalue weighted by molar-refractivity contribution is 7.47. The van der Waals surface area contributed by atoms with Crippen LogP contribution in [0.2, 0.25) is 0 Å². The molecule has 5 atom stereocenters. The van der Waals surface area contributed by atoms with Crippen LogP contribution in [-0.4, -0.2) is 96.7 Å². The summed E-state index contributed by atoms with van der Waals surface area (Å²) in [6.45, 7) is 9.53. The minimum absolute atomic E-state index is 0.105. The maximum absolute atomic E-state index is 13.1. The zero-order valence-electron chi connectivity index (χ0n) is 64.8. The number of hydrogen-bond acceptors (Lipinski definition) is 15. The molecule has 0 heterocycles. The number of hydrogen-bond donors (Lipinski definition) is 3. The predicted octanol–water partition coefficient (Wildman–Crippen LogP) is 23.9. The van der Waals surface area contributed by atoms with E-state index in [-0.39, 0.29) is 25.7 Å². The van der Waals surface area contributed by atoms with Crippen LogP contribution in [0.15, 0.2) is 0 Å². The minimum Gasteiger partial charge on any atom is -0.462 e. The van der Waals surface area contributed by atoms with Crippen molar-refractivity contribution in [2.75, 3.05) is 39.6 Å². The van der Waals surface area contributed by atoms with Gasteiger partial charge in [-0.3, -0.25) is 37.3 Å². The van der Waals surface area contributed by atoms with Crippen LogP contribution < -0.4 is 0 Å². The highest BCUT2D eigenvalue weighted by Crippen LogP contribution is 2.45. The lowest BCUT2D eigenvalue weighted by Crippen LogP contribution is -2.30. The van der Waals surface area contributed by atoms with Gasteiger partial charge in [-0.25, -0.2) is 9.13 Å². The van der Waals surface area contributed by atoms with Crippen molar-refractivity contribution in [2.24, 2.45) is 11.8 Å². The van der Waals surface area contributed by atoms with Gasteiger partial charge in [-0.2, -0.15) is 0 Å². The molecule has 588 valence electrons.